The summed E-state index contributed by atoms with van der Waals surface area (Å²) in [6, 6.07) is 8.26. The second-order valence-electron chi connectivity index (χ2n) is 7.15. The molecule has 1 aliphatic rings. The minimum atomic E-state index is -0.455. The van der Waals surface area contributed by atoms with E-state index in [-0.39, 0.29) is 18.7 Å². The highest BCUT2D eigenvalue weighted by atomic mass is 16.6. The van der Waals surface area contributed by atoms with Gasteiger partial charge in [-0.25, -0.2) is 4.79 Å². The second-order valence-corrected chi connectivity index (χ2v) is 7.15. The van der Waals surface area contributed by atoms with Gasteiger partial charge in [-0.15, -0.1) is 0 Å². The van der Waals surface area contributed by atoms with Gasteiger partial charge in [-0.2, -0.15) is 0 Å². The van der Waals surface area contributed by atoms with Crippen LogP contribution >= 0.6 is 0 Å². The fourth-order valence-corrected chi connectivity index (χ4v) is 3.01. The molecule has 1 aromatic carbocycles. The first-order chi connectivity index (χ1) is 10.3. The summed E-state index contributed by atoms with van der Waals surface area (Å²) in [5.74, 6) is 0.431. The van der Waals surface area contributed by atoms with Crippen LogP contribution in [0.4, 0.5) is 4.79 Å². The highest BCUT2D eigenvalue weighted by Crippen LogP contribution is 2.32. The van der Waals surface area contributed by atoms with E-state index in [1.165, 1.54) is 5.56 Å². The normalized spacial score (nSPS) is 22.5. The first kappa shape index (κ1) is 16.8. The van der Waals surface area contributed by atoms with Crippen LogP contribution in [0.25, 0.3) is 0 Å². The lowest BCUT2D eigenvalue weighted by atomic mass is 9.85. The lowest BCUT2D eigenvalue weighted by Crippen LogP contribution is -2.46. The zero-order chi connectivity index (χ0) is 16.3. The minimum absolute atomic E-state index is 0.0696. The van der Waals surface area contributed by atoms with Crippen molar-refractivity contribution in [2.45, 2.75) is 64.7 Å². The van der Waals surface area contributed by atoms with Gasteiger partial charge in [0.05, 0.1) is 6.61 Å². The molecule has 1 aliphatic heterocycles. The first-order valence-electron chi connectivity index (χ1n) is 7.99. The predicted molar refractivity (Wildman–Crippen MR) is 86.7 cm³/mol. The van der Waals surface area contributed by atoms with Gasteiger partial charge in [0.25, 0.3) is 0 Å². The van der Waals surface area contributed by atoms with Crippen LogP contribution in [0, 0.1) is 0 Å². The van der Waals surface area contributed by atoms with Crippen LogP contribution in [0.2, 0.25) is 0 Å². The minimum Gasteiger partial charge on any atom is -0.444 e. The first-order valence-corrected chi connectivity index (χ1v) is 7.99. The van der Waals surface area contributed by atoms with Crippen LogP contribution < -0.4 is 0 Å². The van der Waals surface area contributed by atoms with E-state index in [1.807, 2.05) is 37.8 Å². The Morgan fingerprint density at radius 3 is 2.73 bits per heavy atom. The maximum Gasteiger partial charge on any atom is 0.410 e. The molecule has 1 amide bonds. The highest BCUT2D eigenvalue weighted by Gasteiger charge is 2.32. The van der Waals surface area contributed by atoms with Gasteiger partial charge in [-0.3, -0.25) is 0 Å². The molecule has 1 heterocycles. The predicted octanol–water partition coefficient (Wildman–Crippen LogP) is 3.68. The molecule has 4 nitrogen and oxygen atoms in total. The molecule has 2 unspecified atom stereocenters. The molecule has 1 fully saturated rings. The summed E-state index contributed by atoms with van der Waals surface area (Å²) in [5.41, 5.74) is 1.74. The third kappa shape index (κ3) is 4.23. The van der Waals surface area contributed by atoms with E-state index in [4.69, 9.17) is 4.74 Å². The Hall–Kier alpha value is -1.55. The highest BCUT2D eigenvalue weighted by molar-refractivity contribution is 5.68. The molecule has 1 N–H and O–H groups in total. The molecule has 1 saturated heterocycles. The number of hydrogen-bond acceptors (Lipinski definition) is 3. The number of carbonyl (C=O) groups excluding carboxylic acids is 1. The van der Waals surface area contributed by atoms with Crippen molar-refractivity contribution in [2.24, 2.45) is 0 Å². The Kier molecular flexibility index (Phi) is 5.12. The van der Waals surface area contributed by atoms with Gasteiger partial charge in [0.2, 0.25) is 0 Å². The van der Waals surface area contributed by atoms with E-state index >= 15 is 0 Å². The van der Waals surface area contributed by atoms with Crippen LogP contribution in [-0.2, 0) is 11.3 Å². The topological polar surface area (TPSA) is 49.8 Å². The number of hydrogen-bond donors (Lipinski definition) is 1. The number of benzene rings is 1. The summed E-state index contributed by atoms with van der Waals surface area (Å²) in [4.78, 5) is 14.1. The van der Waals surface area contributed by atoms with E-state index in [0.29, 0.717) is 12.5 Å². The number of aliphatic hydroxyl groups is 1. The fourth-order valence-electron chi connectivity index (χ4n) is 3.01. The molecule has 1 aromatic rings. The Labute approximate surface area is 133 Å². The van der Waals surface area contributed by atoms with E-state index < -0.39 is 5.60 Å². The summed E-state index contributed by atoms with van der Waals surface area (Å²) >= 11 is 0. The Balaban J connectivity index is 2.01. The maximum atomic E-state index is 12.2. The zero-order valence-electron chi connectivity index (χ0n) is 14.0. The van der Waals surface area contributed by atoms with Crippen LogP contribution in [0.3, 0.4) is 0 Å². The molecule has 0 aromatic heterocycles. The molecule has 0 saturated carbocycles. The monoisotopic (exact) mass is 305 g/mol. The number of nitrogens with zero attached hydrogens (tertiary/aromatic N) is 1. The standard InChI is InChI=1S/C18H27NO3/c1-13-10-16(15-7-5-6-14(11-15)12-20)8-9-19(13)17(21)22-18(2,3)4/h5-7,11,13,16,20H,8-10,12H2,1-4H3. The summed E-state index contributed by atoms with van der Waals surface area (Å²) in [6.45, 7) is 8.53. The van der Waals surface area contributed by atoms with Crippen molar-refractivity contribution in [3.63, 3.8) is 0 Å². The second kappa shape index (κ2) is 6.69. The van der Waals surface area contributed by atoms with Gasteiger partial charge < -0.3 is 14.7 Å². The fraction of sp³-hybridized carbons (Fsp3) is 0.611. The van der Waals surface area contributed by atoms with Crippen molar-refractivity contribution < 1.29 is 14.6 Å². The molecule has 2 atom stereocenters. The van der Waals surface area contributed by atoms with Crippen molar-refractivity contribution in [1.29, 1.82) is 0 Å². The number of amides is 1. The molecule has 4 heteroatoms. The van der Waals surface area contributed by atoms with Gasteiger partial charge in [0, 0.05) is 12.6 Å². The lowest BCUT2D eigenvalue weighted by molar-refractivity contribution is 0.0103. The average Bonchev–Trinajstić information content (AvgIpc) is 2.45. The Morgan fingerprint density at radius 2 is 2.14 bits per heavy atom. The van der Waals surface area contributed by atoms with Gasteiger partial charge in [-0.1, -0.05) is 24.3 Å². The van der Waals surface area contributed by atoms with E-state index in [2.05, 4.69) is 19.1 Å². The van der Waals surface area contributed by atoms with Gasteiger partial charge in [0.1, 0.15) is 5.60 Å². The number of rotatable bonds is 2. The number of likely N-dealkylation sites (tertiary alicyclic amines) is 1. The van der Waals surface area contributed by atoms with Crippen LogP contribution in [-0.4, -0.2) is 34.3 Å². The van der Waals surface area contributed by atoms with Crippen molar-refractivity contribution in [3.8, 4) is 0 Å². The summed E-state index contributed by atoms with van der Waals surface area (Å²) < 4.78 is 5.48. The van der Waals surface area contributed by atoms with Crippen molar-refractivity contribution in [1.82, 2.24) is 4.90 Å². The zero-order valence-corrected chi connectivity index (χ0v) is 14.0. The van der Waals surface area contributed by atoms with Crippen molar-refractivity contribution >= 4 is 6.09 Å². The molecule has 0 aliphatic carbocycles. The Bertz CT molecular complexity index is 521. The molecule has 0 spiro atoms. The molecule has 0 radical (unpaired) electrons. The van der Waals surface area contributed by atoms with E-state index in [1.54, 1.807) is 0 Å². The van der Waals surface area contributed by atoms with E-state index in [0.717, 1.165) is 18.4 Å². The van der Waals surface area contributed by atoms with E-state index in [9.17, 15) is 9.90 Å². The molecular formula is C18H27NO3. The molecule has 22 heavy (non-hydrogen) atoms. The number of carbonyl (C=O) groups is 1. The van der Waals surface area contributed by atoms with Crippen LogP contribution in [0.15, 0.2) is 24.3 Å². The molecule has 122 valence electrons. The van der Waals surface area contributed by atoms with Gasteiger partial charge >= 0.3 is 6.09 Å². The number of aliphatic hydroxyl groups excluding tert-OH is 1. The van der Waals surface area contributed by atoms with Crippen molar-refractivity contribution in [2.75, 3.05) is 6.54 Å². The molecule has 0 bridgehead atoms. The molecular weight excluding hydrogens is 278 g/mol. The SMILES string of the molecule is CC1CC(c2cccc(CO)c2)CCN1C(=O)OC(C)(C)C. The summed E-state index contributed by atoms with van der Waals surface area (Å²) in [7, 11) is 0. The molecule has 2 rings (SSSR count). The number of piperidine rings is 1. The third-order valence-electron chi connectivity index (χ3n) is 4.11. The quantitative estimate of drug-likeness (QED) is 0.906. The average molecular weight is 305 g/mol. The smallest absolute Gasteiger partial charge is 0.410 e. The van der Waals surface area contributed by atoms with Gasteiger partial charge in [-0.05, 0) is 57.6 Å². The van der Waals surface area contributed by atoms with Crippen molar-refractivity contribution in [3.05, 3.63) is 35.4 Å². The maximum absolute atomic E-state index is 12.2. The lowest BCUT2D eigenvalue weighted by Gasteiger charge is -2.38. The number of ether oxygens (including phenoxy) is 1. The summed E-state index contributed by atoms with van der Waals surface area (Å²) in [6.07, 6.45) is 1.63. The Morgan fingerprint density at radius 1 is 1.41 bits per heavy atom. The third-order valence-corrected chi connectivity index (χ3v) is 4.11. The van der Waals surface area contributed by atoms with Crippen LogP contribution in [0.5, 0.6) is 0 Å². The summed E-state index contributed by atoms with van der Waals surface area (Å²) in [5, 5.41) is 9.27. The largest absolute Gasteiger partial charge is 0.444 e. The van der Waals surface area contributed by atoms with Gasteiger partial charge in [0.15, 0.2) is 0 Å². The van der Waals surface area contributed by atoms with Crippen LogP contribution in [0.1, 0.15) is 57.6 Å².